The van der Waals surface area contributed by atoms with Crippen LogP contribution in [0, 0.1) is 0 Å². The van der Waals surface area contributed by atoms with Gasteiger partial charge in [-0.15, -0.1) is 0 Å². The molecule has 0 bridgehead atoms. The van der Waals surface area contributed by atoms with Crippen molar-refractivity contribution >= 4 is 17.4 Å². The van der Waals surface area contributed by atoms with Crippen LogP contribution >= 0.6 is 0 Å². The molecule has 2 aromatic rings. The lowest BCUT2D eigenvalue weighted by Crippen LogP contribution is -2.40. The van der Waals surface area contributed by atoms with Crippen LogP contribution in [0.5, 0.6) is 0 Å². The third-order valence-corrected chi connectivity index (χ3v) is 4.89. The summed E-state index contributed by atoms with van der Waals surface area (Å²) in [5.41, 5.74) is 18.0. The number of piperidine rings is 1. The number of carbonyl (C=O) groups excluding carboxylic acids is 1. The van der Waals surface area contributed by atoms with Crippen LogP contribution in [0.2, 0.25) is 0 Å². The quantitative estimate of drug-likeness (QED) is 0.875. The van der Waals surface area contributed by atoms with E-state index in [4.69, 9.17) is 11.5 Å². The predicted molar refractivity (Wildman–Crippen MR) is 109 cm³/mol. The summed E-state index contributed by atoms with van der Waals surface area (Å²) in [5.74, 6) is 0.576. The number of nitrogens with zero attached hydrogens (tertiary/aromatic N) is 3. The number of amides is 1. The highest BCUT2D eigenvalue weighted by atomic mass is 16.2. The second-order valence-corrected chi connectivity index (χ2v) is 6.71. The normalized spacial score (nSPS) is 17.9. The molecular weight excluding hydrogens is 338 g/mol. The van der Waals surface area contributed by atoms with E-state index in [0.29, 0.717) is 25.3 Å². The summed E-state index contributed by atoms with van der Waals surface area (Å²) in [5, 5.41) is 0. The fourth-order valence-electron chi connectivity index (χ4n) is 3.27. The predicted octanol–water partition coefficient (Wildman–Crippen LogP) is 2.41. The van der Waals surface area contributed by atoms with E-state index in [1.54, 1.807) is 26.2 Å². The van der Waals surface area contributed by atoms with Crippen LogP contribution in [0.4, 0.5) is 5.82 Å². The number of likely N-dealkylation sites (tertiary alicyclic amines) is 1. The van der Waals surface area contributed by atoms with Crippen molar-refractivity contribution in [2.45, 2.75) is 19.8 Å². The van der Waals surface area contributed by atoms with E-state index in [1.807, 2.05) is 11.0 Å². The lowest BCUT2D eigenvalue weighted by Gasteiger charge is -2.30. The molecule has 3 rings (SSSR count). The Kier molecular flexibility index (Phi) is 5.54. The van der Waals surface area contributed by atoms with E-state index in [1.165, 1.54) is 0 Å². The van der Waals surface area contributed by atoms with E-state index < -0.39 is 0 Å². The molecule has 1 aliphatic heterocycles. The second-order valence-electron chi connectivity index (χ2n) is 6.71. The zero-order valence-electron chi connectivity index (χ0n) is 15.8. The molecule has 1 aromatic heterocycles. The Morgan fingerprint density at radius 3 is 2.48 bits per heavy atom. The lowest BCUT2D eigenvalue weighted by molar-refractivity contribution is -0.128. The number of aliphatic imine (C=N–C) groups is 1. The van der Waals surface area contributed by atoms with Crippen LogP contribution in [0.25, 0.3) is 11.1 Å². The van der Waals surface area contributed by atoms with Crippen molar-refractivity contribution < 1.29 is 4.79 Å². The van der Waals surface area contributed by atoms with Crippen molar-refractivity contribution in [3.05, 3.63) is 59.4 Å². The number of rotatable bonds is 3. The van der Waals surface area contributed by atoms with Gasteiger partial charge in [0, 0.05) is 68.6 Å². The SMILES string of the molecule is CN=C1CCN(C(C)=O)CC1=C(N)Cc1ccc(-c2ccc(N)nc2)cc1. The monoisotopic (exact) mass is 363 g/mol. The Morgan fingerprint density at radius 2 is 1.89 bits per heavy atom. The Labute approximate surface area is 159 Å². The van der Waals surface area contributed by atoms with E-state index in [0.717, 1.165) is 40.1 Å². The number of hydrogen-bond donors (Lipinski definition) is 2. The summed E-state index contributed by atoms with van der Waals surface area (Å²) in [7, 11) is 1.78. The average Bonchev–Trinajstić information content (AvgIpc) is 2.68. The minimum atomic E-state index is 0.0666. The number of aromatic nitrogens is 1. The summed E-state index contributed by atoms with van der Waals surface area (Å²) < 4.78 is 0. The van der Waals surface area contributed by atoms with Gasteiger partial charge in [0.1, 0.15) is 5.82 Å². The van der Waals surface area contributed by atoms with Crippen molar-refractivity contribution in [1.29, 1.82) is 0 Å². The molecule has 4 N–H and O–H groups in total. The van der Waals surface area contributed by atoms with Gasteiger partial charge in [-0.25, -0.2) is 4.98 Å². The molecule has 0 spiro atoms. The largest absolute Gasteiger partial charge is 0.401 e. The molecule has 1 aromatic carbocycles. The fraction of sp³-hybridized carbons (Fsp3) is 0.286. The number of pyridine rings is 1. The molecule has 0 atom stereocenters. The van der Waals surface area contributed by atoms with Crippen LogP contribution < -0.4 is 11.5 Å². The number of nitrogen functional groups attached to an aromatic ring is 1. The maximum atomic E-state index is 11.7. The van der Waals surface area contributed by atoms with Gasteiger partial charge in [-0.05, 0) is 23.3 Å². The highest BCUT2D eigenvalue weighted by Crippen LogP contribution is 2.22. The van der Waals surface area contributed by atoms with Crippen molar-refractivity contribution in [3.63, 3.8) is 0 Å². The van der Waals surface area contributed by atoms with Gasteiger partial charge >= 0.3 is 0 Å². The minimum Gasteiger partial charge on any atom is -0.401 e. The molecular formula is C21H25N5O. The first-order chi connectivity index (χ1) is 13.0. The Hall–Kier alpha value is -3.15. The summed E-state index contributed by atoms with van der Waals surface area (Å²) in [6, 6.07) is 12.0. The first kappa shape index (κ1) is 18.6. The molecule has 6 nitrogen and oxygen atoms in total. The molecule has 1 aliphatic rings. The first-order valence-electron chi connectivity index (χ1n) is 8.98. The second kappa shape index (κ2) is 8.03. The highest BCUT2D eigenvalue weighted by molar-refractivity contribution is 6.02. The molecule has 6 heteroatoms. The molecule has 27 heavy (non-hydrogen) atoms. The zero-order valence-corrected chi connectivity index (χ0v) is 15.8. The van der Waals surface area contributed by atoms with Crippen molar-refractivity contribution in [1.82, 2.24) is 9.88 Å². The summed E-state index contributed by atoms with van der Waals surface area (Å²) >= 11 is 0. The summed E-state index contributed by atoms with van der Waals surface area (Å²) in [6.07, 6.45) is 3.14. The third kappa shape index (κ3) is 4.34. The van der Waals surface area contributed by atoms with Gasteiger partial charge in [0.25, 0.3) is 0 Å². The van der Waals surface area contributed by atoms with Gasteiger partial charge < -0.3 is 16.4 Å². The zero-order chi connectivity index (χ0) is 19.4. The molecule has 1 fully saturated rings. The molecule has 0 aliphatic carbocycles. The van der Waals surface area contributed by atoms with E-state index in [2.05, 4.69) is 34.2 Å². The summed E-state index contributed by atoms with van der Waals surface area (Å²) in [4.78, 5) is 22.0. The summed E-state index contributed by atoms with van der Waals surface area (Å²) in [6.45, 7) is 2.82. The maximum absolute atomic E-state index is 11.7. The molecule has 1 amide bonds. The average molecular weight is 363 g/mol. The number of hydrogen-bond acceptors (Lipinski definition) is 5. The van der Waals surface area contributed by atoms with E-state index >= 15 is 0 Å². The topological polar surface area (TPSA) is 97.6 Å². The highest BCUT2D eigenvalue weighted by Gasteiger charge is 2.23. The van der Waals surface area contributed by atoms with Crippen LogP contribution in [0.15, 0.2) is 58.9 Å². The van der Waals surface area contributed by atoms with Gasteiger partial charge in [0.15, 0.2) is 0 Å². The van der Waals surface area contributed by atoms with Crippen molar-refractivity contribution in [2.75, 3.05) is 25.9 Å². The maximum Gasteiger partial charge on any atom is 0.219 e. The van der Waals surface area contributed by atoms with Crippen molar-refractivity contribution in [3.8, 4) is 11.1 Å². The Balaban J connectivity index is 1.79. The lowest BCUT2D eigenvalue weighted by atomic mass is 9.96. The molecule has 0 radical (unpaired) electrons. The molecule has 2 heterocycles. The number of anilines is 1. The minimum absolute atomic E-state index is 0.0666. The van der Waals surface area contributed by atoms with Crippen LogP contribution in [-0.4, -0.2) is 41.6 Å². The number of carbonyl (C=O) groups is 1. The van der Waals surface area contributed by atoms with Gasteiger partial charge in [0.05, 0.1) is 0 Å². The van der Waals surface area contributed by atoms with Gasteiger partial charge in [-0.2, -0.15) is 0 Å². The van der Waals surface area contributed by atoms with Gasteiger partial charge in [-0.3, -0.25) is 9.79 Å². The molecule has 0 unspecified atom stereocenters. The Morgan fingerprint density at radius 1 is 1.19 bits per heavy atom. The van der Waals surface area contributed by atoms with E-state index in [-0.39, 0.29) is 5.91 Å². The molecule has 1 saturated heterocycles. The van der Waals surface area contributed by atoms with Crippen LogP contribution in [0.3, 0.4) is 0 Å². The fourth-order valence-corrected chi connectivity index (χ4v) is 3.27. The van der Waals surface area contributed by atoms with E-state index in [9.17, 15) is 4.79 Å². The third-order valence-electron chi connectivity index (χ3n) is 4.89. The smallest absolute Gasteiger partial charge is 0.219 e. The Bertz CT molecular complexity index is 882. The van der Waals surface area contributed by atoms with Crippen LogP contribution in [-0.2, 0) is 11.2 Å². The standard InChI is InChI=1S/C21H25N5O/c1-14(27)26-10-9-20(24-2)18(13-26)19(22)11-15-3-5-16(6-4-15)17-7-8-21(23)25-12-17/h3-8,12H,9-11,13,22H2,1-2H3,(H2,23,25). The van der Waals surface area contributed by atoms with Crippen molar-refractivity contribution in [2.24, 2.45) is 10.7 Å². The number of allylic oxidation sites excluding steroid dienone is 1. The van der Waals surface area contributed by atoms with Crippen LogP contribution in [0.1, 0.15) is 18.9 Å². The molecule has 0 saturated carbocycles. The number of benzene rings is 1. The van der Waals surface area contributed by atoms with Gasteiger partial charge in [-0.1, -0.05) is 24.3 Å². The number of nitrogens with two attached hydrogens (primary N) is 2. The first-order valence-corrected chi connectivity index (χ1v) is 8.98. The molecule has 140 valence electrons. The van der Waals surface area contributed by atoms with Gasteiger partial charge in [0.2, 0.25) is 5.91 Å².